The Kier molecular flexibility index (Phi) is 2.05. The van der Waals surface area contributed by atoms with Gasteiger partial charge in [0.25, 0.3) is 0 Å². The van der Waals surface area contributed by atoms with Gasteiger partial charge < -0.3 is 5.32 Å². The quantitative estimate of drug-likeness (QED) is 0.699. The molecular weight excluding hydrogens is 170 g/mol. The van der Waals surface area contributed by atoms with Crippen LogP contribution in [-0.4, -0.2) is 0 Å². The van der Waals surface area contributed by atoms with Gasteiger partial charge in [-0.15, -0.1) is 0 Å². The van der Waals surface area contributed by atoms with E-state index in [1.165, 1.54) is 5.56 Å². The molecule has 0 fully saturated rings. The van der Waals surface area contributed by atoms with E-state index in [0.29, 0.717) is 6.04 Å². The van der Waals surface area contributed by atoms with E-state index in [1.807, 2.05) is 24.4 Å². The highest BCUT2D eigenvalue weighted by Crippen LogP contribution is 2.27. The zero-order chi connectivity index (χ0) is 8.39. The molecule has 0 saturated carbocycles. The fraction of sp³-hybridized carbons (Fsp3) is 0.200. The first-order valence-electron chi connectivity index (χ1n) is 4.03. The lowest BCUT2D eigenvalue weighted by molar-refractivity contribution is 0.674. The van der Waals surface area contributed by atoms with E-state index in [4.69, 9.17) is 11.6 Å². The van der Waals surface area contributed by atoms with E-state index < -0.39 is 0 Å². The summed E-state index contributed by atoms with van der Waals surface area (Å²) >= 11 is 6.04. The lowest BCUT2D eigenvalue weighted by Crippen LogP contribution is -2.09. The van der Waals surface area contributed by atoms with Crippen LogP contribution in [0.4, 0.5) is 0 Å². The third-order valence-electron chi connectivity index (χ3n) is 2.07. The lowest BCUT2D eigenvalue weighted by atomic mass is 10.1. The second-order valence-electron chi connectivity index (χ2n) is 2.88. The van der Waals surface area contributed by atoms with Crippen LogP contribution in [0.3, 0.4) is 0 Å². The summed E-state index contributed by atoms with van der Waals surface area (Å²) in [6.07, 6.45) is 5.13. The largest absolute Gasteiger partial charge is 0.384 e. The van der Waals surface area contributed by atoms with Gasteiger partial charge in [0.2, 0.25) is 0 Å². The average molecular weight is 180 g/mol. The van der Waals surface area contributed by atoms with Crippen molar-refractivity contribution in [2.75, 3.05) is 0 Å². The summed E-state index contributed by atoms with van der Waals surface area (Å²) in [5.41, 5.74) is 1.18. The smallest absolute Gasteiger partial charge is 0.0558 e. The van der Waals surface area contributed by atoms with Gasteiger partial charge in [0.15, 0.2) is 0 Å². The molecule has 1 aromatic carbocycles. The maximum atomic E-state index is 6.04. The van der Waals surface area contributed by atoms with Gasteiger partial charge in [-0.05, 0) is 24.3 Å². The number of nitrogens with one attached hydrogen (secondary N) is 1. The molecule has 1 atom stereocenters. The molecule has 0 saturated heterocycles. The molecule has 1 heterocycles. The van der Waals surface area contributed by atoms with Gasteiger partial charge >= 0.3 is 0 Å². The first-order chi connectivity index (χ1) is 5.88. The van der Waals surface area contributed by atoms with Crippen molar-refractivity contribution in [3.8, 4) is 0 Å². The zero-order valence-corrected chi connectivity index (χ0v) is 7.38. The number of rotatable bonds is 1. The van der Waals surface area contributed by atoms with Gasteiger partial charge in [0, 0.05) is 5.02 Å². The molecule has 1 N–H and O–H groups in total. The molecule has 0 amide bonds. The molecule has 1 aromatic rings. The molecule has 2 rings (SSSR count). The Bertz CT molecular complexity index is 298. The molecule has 2 heteroatoms. The number of hydrogen-bond donors (Lipinski definition) is 1. The van der Waals surface area contributed by atoms with Crippen molar-refractivity contribution in [2.24, 2.45) is 0 Å². The van der Waals surface area contributed by atoms with E-state index in [2.05, 4.69) is 17.5 Å². The molecule has 1 nitrogen and oxygen atoms in total. The van der Waals surface area contributed by atoms with Gasteiger partial charge in [-0.1, -0.05) is 35.9 Å². The van der Waals surface area contributed by atoms with Gasteiger partial charge in [-0.2, -0.15) is 0 Å². The van der Waals surface area contributed by atoms with Crippen molar-refractivity contribution < 1.29 is 0 Å². The van der Waals surface area contributed by atoms with Crippen LogP contribution in [0.25, 0.3) is 0 Å². The van der Waals surface area contributed by atoms with Gasteiger partial charge in [0.05, 0.1) is 6.04 Å². The predicted octanol–water partition coefficient (Wildman–Crippen LogP) is 2.89. The van der Waals surface area contributed by atoms with E-state index >= 15 is 0 Å². The fourth-order valence-electron chi connectivity index (χ4n) is 1.43. The molecule has 12 heavy (non-hydrogen) atoms. The number of halogens is 1. The number of benzene rings is 1. The monoisotopic (exact) mass is 179 g/mol. The minimum absolute atomic E-state index is 0.374. The van der Waals surface area contributed by atoms with E-state index in [1.54, 1.807) is 0 Å². The molecule has 0 bridgehead atoms. The topological polar surface area (TPSA) is 12.0 Å². The molecule has 1 unspecified atom stereocenters. The van der Waals surface area contributed by atoms with E-state index in [9.17, 15) is 0 Å². The SMILES string of the molecule is Clc1ccccc1C1CC=CN1. The Morgan fingerprint density at radius 2 is 2.17 bits per heavy atom. The lowest BCUT2D eigenvalue weighted by Gasteiger charge is -2.12. The highest BCUT2D eigenvalue weighted by atomic mass is 35.5. The molecule has 0 radical (unpaired) electrons. The Hall–Kier alpha value is -0.950. The van der Waals surface area contributed by atoms with Crippen LogP contribution >= 0.6 is 11.6 Å². The molecule has 1 aliphatic heterocycles. The Balaban J connectivity index is 2.27. The summed E-state index contributed by atoms with van der Waals surface area (Å²) in [5, 5.41) is 4.09. The predicted molar refractivity (Wildman–Crippen MR) is 51.1 cm³/mol. The zero-order valence-electron chi connectivity index (χ0n) is 6.63. The minimum atomic E-state index is 0.374. The van der Waals surface area contributed by atoms with Crippen molar-refractivity contribution in [3.63, 3.8) is 0 Å². The maximum Gasteiger partial charge on any atom is 0.0558 e. The van der Waals surface area contributed by atoms with Crippen molar-refractivity contribution in [2.45, 2.75) is 12.5 Å². The Morgan fingerprint density at radius 3 is 2.83 bits per heavy atom. The standard InChI is InChI=1S/C10H10ClN/c11-9-5-2-1-4-8(9)10-6-3-7-12-10/h1-5,7,10,12H,6H2. The summed E-state index contributed by atoms with van der Waals surface area (Å²) < 4.78 is 0. The summed E-state index contributed by atoms with van der Waals surface area (Å²) in [6.45, 7) is 0. The molecule has 62 valence electrons. The van der Waals surface area contributed by atoms with Crippen molar-refractivity contribution in [3.05, 3.63) is 47.1 Å². The normalized spacial score (nSPS) is 20.9. The van der Waals surface area contributed by atoms with E-state index in [-0.39, 0.29) is 0 Å². The highest BCUT2D eigenvalue weighted by molar-refractivity contribution is 6.31. The van der Waals surface area contributed by atoms with Crippen LogP contribution in [0.1, 0.15) is 18.0 Å². The van der Waals surface area contributed by atoms with Crippen LogP contribution in [0.2, 0.25) is 5.02 Å². The Labute approximate surface area is 77.0 Å². The highest BCUT2D eigenvalue weighted by Gasteiger charge is 2.13. The van der Waals surface area contributed by atoms with Crippen LogP contribution in [0.15, 0.2) is 36.5 Å². The van der Waals surface area contributed by atoms with E-state index in [0.717, 1.165) is 11.4 Å². The fourth-order valence-corrected chi connectivity index (χ4v) is 1.70. The second-order valence-corrected chi connectivity index (χ2v) is 3.29. The molecule has 0 aliphatic carbocycles. The molecule has 1 aliphatic rings. The molecule has 0 spiro atoms. The van der Waals surface area contributed by atoms with Crippen LogP contribution in [-0.2, 0) is 0 Å². The maximum absolute atomic E-state index is 6.04. The third-order valence-corrected chi connectivity index (χ3v) is 2.41. The third kappa shape index (κ3) is 1.32. The second kappa shape index (κ2) is 3.20. The van der Waals surface area contributed by atoms with Crippen LogP contribution < -0.4 is 5.32 Å². The first-order valence-corrected chi connectivity index (χ1v) is 4.41. The average Bonchev–Trinajstić information content (AvgIpc) is 2.57. The molecule has 0 aromatic heterocycles. The summed E-state index contributed by atoms with van der Waals surface area (Å²) in [6, 6.07) is 8.33. The summed E-state index contributed by atoms with van der Waals surface area (Å²) in [4.78, 5) is 0. The van der Waals surface area contributed by atoms with Crippen molar-refractivity contribution >= 4 is 11.6 Å². The summed E-state index contributed by atoms with van der Waals surface area (Å²) in [7, 11) is 0. The van der Waals surface area contributed by atoms with Crippen molar-refractivity contribution in [1.82, 2.24) is 5.32 Å². The van der Waals surface area contributed by atoms with Gasteiger partial charge in [0.1, 0.15) is 0 Å². The van der Waals surface area contributed by atoms with Crippen molar-refractivity contribution in [1.29, 1.82) is 0 Å². The molecular formula is C10H10ClN. The van der Waals surface area contributed by atoms with Gasteiger partial charge in [-0.3, -0.25) is 0 Å². The minimum Gasteiger partial charge on any atom is -0.384 e. The number of hydrogen-bond acceptors (Lipinski definition) is 1. The Morgan fingerprint density at radius 1 is 1.33 bits per heavy atom. The first kappa shape index (κ1) is 7.69. The van der Waals surface area contributed by atoms with Crippen LogP contribution in [0.5, 0.6) is 0 Å². The van der Waals surface area contributed by atoms with Crippen LogP contribution in [0, 0.1) is 0 Å². The van der Waals surface area contributed by atoms with Gasteiger partial charge in [-0.25, -0.2) is 0 Å². The summed E-state index contributed by atoms with van der Waals surface area (Å²) in [5.74, 6) is 0.